The van der Waals surface area contributed by atoms with Gasteiger partial charge in [0.2, 0.25) is 5.91 Å². The van der Waals surface area contributed by atoms with Gasteiger partial charge in [-0.25, -0.2) is 0 Å². The van der Waals surface area contributed by atoms with Crippen molar-refractivity contribution in [2.75, 3.05) is 0 Å². The van der Waals surface area contributed by atoms with Gasteiger partial charge in [0.25, 0.3) is 0 Å². The lowest BCUT2D eigenvalue weighted by molar-refractivity contribution is -0.186. The van der Waals surface area contributed by atoms with Crippen molar-refractivity contribution in [3.05, 3.63) is 0 Å². The minimum Gasteiger partial charge on any atom is -0.352 e. The van der Waals surface area contributed by atoms with Gasteiger partial charge in [0.1, 0.15) is 0 Å². The number of rotatable bonds is 2. The van der Waals surface area contributed by atoms with Crippen LogP contribution in [0.1, 0.15) is 51.4 Å². The molecule has 4 atom stereocenters. The second-order valence-corrected chi connectivity index (χ2v) is 6.58. The molecule has 2 nitrogen and oxygen atoms in total. The Morgan fingerprint density at radius 1 is 1.05 bits per heavy atom. The van der Waals surface area contributed by atoms with E-state index in [0.29, 0.717) is 12.8 Å². The highest BCUT2D eigenvalue weighted by molar-refractivity contribution is 6.21. The molecule has 0 bridgehead atoms. The fraction of sp³-hybridized carbons (Fsp3) is 0.929. The zero-order valence-corrected chi connectivity index (χ0v) is 12.1. The van der Waals surface area contributed by atoms with Crippen molar-refractivity contribution in [2.45, 2.75) is 69.0 Å². The van der Waals surface area contributed by atoms with Gasteiger partial charge in [-0.15, -0.1) is 11.6 Å². The molecule has 6 heteroatoms. The fourth-order valence-electron chi connectivity index (χ4n) is 3.27. The summed E-state index contributed by atoms with van der Waals surface area (Å²) < 4.78 is 38.2. The van der Waals surface area contributed by atoms with Gasteiger partial charge in [0, 0.05) is 12.0 Å². The second kappa shape index (κ2) is 6.54. The molecule has 0 aliphatic heterocycles. The van der Waals surface area contributed by atoms with Crippen molar-refractivity contribution in [3.8, 4) is 0 Å². The summed E-state index contributed by atoms with van der Waals surface area (Å²) in [7, 11) is 0. The summed E-state index contributed by atoms with van der Waals surface area (Å²) in [6.45, 7) is 0. The Balaban J connectivity index is 1.88. The summed E-state index contributed by atoms with van der Waals surface area (Å²) in [5.74, 6) is -2.08. The summed E-state index contributed by atoms with van der Waals surface area (Å²) in [4.78, 5) is 12.1. The van der Waals surface area contributed by atoms with Gasteiger partial charge in [-0.3, -0.25) is 4.79 Å². The molecule has 2 rings (SSSR count). The van der Waals surface area contributed by atoms with E-state index in [0.717, 1.165) is 25.7 Å². The van der Waals surface area contributed by atoms with Crippen LogP contribution >= 0.6 is 11.6 Å². The lowest BCUT2D eigenvalue weighted by atomic mass is 9.80. The van der Waals surface area contributed by atoms with Gasteiger partial charge in [0.15, 0.2) is 0 Å². The van der Waals surface area contributed by atoms with E-state index in [9.17, 15) is 18.0 Å². The van der Waals surface area contributed by atoms with E-state index < -0.39 is 18.0 Å². The maximum Gasteiger partial charge on any atom is 0.391 e. The summed E-state index contributed by atoms with van der Waals surface area (Å²) in [6, 6.07) is -0.0795. The highest BCUT2D eigenvalue weighted by Crippen LogP contribution is 2.40. The van der Waals surface area contributed by atoms with Gasteiger partial charge in [-0.05, 0) is 32.1 Å². The van der Waals surface area contributed by atoms with Gasteiger partial charge >= 0.3 is 6.18 Å². The molecule has 4 unspecified atom stereocenters. The predicted octanol–water partition coefficient (Wildman–Crippen LogP) is 4.02. The van der Waals surface area contributed by atoms with Crippen molar-refractivity contribution in [1.82, 2.24) is 5.32 Å². The summed E-state index contributed by atoms with van der Waals surface area (Å²) >= 11 is 6.17. The van der Waals surface area contributed by atoms with E-state index in [1.807, 2.05) is 0 Å². The average molecular weight is 312 g/mol. The highest BCUT2D eigenvalue weighted by Gasteiger charge is 2.43. The normalized spacial score (nSPS) is 35.6. The minimum atomic E-state index is -4.18. The Morgan fingerprint density at radius 3 is 2.40 bits per heavy atom. The minimum absolute atomic E-state index is 0.0744. The molecule has 0 radical (unpaired) electrons. The van der Waals surface area contributed by atoms with Crippen molar-refractivity contribution >= 4 is 17.5 Å². The third kappa shape index (κ3) is 4.03. The molecule has 0 aromatic rings. The molecule has 0 aromatic heterocycles. The van der Waals surface area contributed by atoms with E-state index in [2.05, 4.69) is 5.32 Å². The maximum absolute atomic E-state index is 12.7. The van der Waals surface area contributed by atoms with Crippen molar-refractivity contribution in [1.29, 1.82) is 0 Å². The van der Waals surface area contributed by atoms with Gasteiger partial charge in [0.05, 0.1) is 11.3 Å². The van der Waals surface area contributed by atoms with Gasteiger partial charge in [-0.1, -0.05) is 19.3 Å². The molecule has 1 N–H and O–H groups in total. The predicted molar refractivity (Wildman–Crippen MR) is 71.5 cm³/mol. The van der Waals surface area contributed by atoms with Gasteiger partial charge < -0.3 is 5.32 Å². The van der Waals surface area contributed by atoms with Gasteiger partial charge in [-0.2, -0.15) is 13.2 Å². The first kappa shape index (κ1) is 15.9. The van der Waals surface area contributed by atoms with Crippen LogP contribution in [-0.2, 0) is 4.79 Å². The quantitative estimate of drug-likeness (QED) is 0.767. The number of halogens is 4. The van der Waals surface area contributed by atoms with Crippen LogP contribution in [0, 0.1) is 11.8 Å². The Hall–Kier alpha value is -0.450. The lowest BCUT2D eigenvalue weighted by Crippen LogP contribution is -2.46. The van der Waals surface area contributed by atoms with Crippen LogP contribution in [0.3, 0.4) is 0 Å². The number of carbonyl (C=O) groups is 1. The average Bonchev–Trinajstić information content (AvgIpc) is 2.40. The topological polar surface area (TPSA) is 29.1 Å². The highest BCUT2D eigenvalue weighted by atomic mass is 35.5. The van der Waals surface area contributed by atoms with Crippen LogP contribution in [0.4, 0.5) is 13.2 Å². The first-order valence-corrected chi connectivity index (χ1v) is 7.82. The standard InChI is InChI=1S/C14H21ClF3NO/c15-11-6-1-2-7-12(11)19-13(20)9-4-3-5-10(8-9)14(16,17)18/h9-12H,1-8H2,(H,19,20). The zero-order chi connectivity index (χ0) is 14.8. The van der Waals surface area contributed by atoms with Crippen LogP contribution in [0.5, 0.6) is 0 Å². The zero-order valence-electron chi connectivity index (χ0n) is 11.4. The molecule has 0 heterocycles. The van der Waals surface area contributed by atoms with E-state index in [-0.39, 0.29) is 30.2 Å². The molecule has 2 aliphatic rings. The van der Waals surface area contributed by atoms with Crippen LogP contribution < -0.4 is 5.32 Å². The Morgan fingerprint density at radius 2 is 1.75 bits per heavy atom. The largest absolute Gasteiger partial charge is 0.391 e. The molecular weight excluding hydrogens is 291 g/mol. The Bertz CT molecular complexity index is 348. The molecule has 2 fully saturated rings. The maximum atomic E-state index is 12.7. The monoisotopic (exact) mass is 311 g/mol. The summed E-state index contributed by atoms with van der Waals surface area (Å²) in [5, 5.41) is 2.78. The van der Waals surface area contributed by atoms with Crippen molar-refractivity contribution in [2.24, 2.45) is 11.8 Å². The lowest BCUT2D eigenvalue weighted by Gasteiger charge is -2.33. The Kier molecular flexibility index (Phi) is 5.21. The first-order valence-electron chi connectivity index (χ1n) is 7.39. The number of hydrogen-bond acceptors (Lipinski definition) is 1. The van der Waals surface area contributed by atoms with Crippen LogP contribution in [0.15, 0.2) is 0 Å². The number of alkyl halides is 4. The molecule has 116 valence electrons. The molecule has 1 amide bonds. The van der Waals surface area contributed by atoms with Crippen molar-refractivity contribution in [3.63, 3.8) is 0 Å². The number of carbonyl (C=O) groups excluding carboxylic acids is 1. The fourth-order valence-corrected chi connectivity index (χ4v) is 3.62. The second-order valence-electron chi connectivity index (χ2n) is 6.02. The van der Waals surface area contributed by atoms with E-state index in [4.69, 9.17) is 11.6 Å². The Labute approximate surface area is 122 Å². The van der Waals surface area contributed by atoms with E-state index in [1.54, 1.807) is 0 Å². The SMILES string of the molecule is O=C(NC1CCCCC1Cl)C1CCCC(C(F)(F)F)C1. The molecule has 0 aromatic carbocycles. The molecule has 2 aliphatic carbocycles. The summed E-state index contributed by atoms with van der Waals surface area (Å²) in [6.07, 6.45) is 0.680. The third-order valence-electron chi connectivity index (χ3n) is 4.52. The molecule has 0 spiro atoms. The summed E-state index contributed by atoms with van der Waals surface area (Å²) in [5.41, 5.74) is 0. The number of amides is 1. The van der Waals surface area contributed by atoms with Crippen LogP contribution in [0.25, 0.3) is 0 Å². The first-order chi connectivity index (χ1) is 9.38. The van der Waals surface area contributed by atoms with E-state index >= 15 is 0 Å². The smallest absolute Gasteiger partial charge is 0.352 e. The third-order valence-corrected chi connectivity index (χ3v) is 5.04. The molecular formula is C14H21ClF3NO. The molecule has 0 saturated heterocycles. The van der Waals surface area contributed by atoms with Crippen LogP contribution in [-0.4, -0.2) is 23.5 Å². The van der Waals surface area contributed by atoms with Crippen LogP contribution in [0.2, 0.25) is 0 Å². The number of hydrogen-bond donors (Lipinski definition) is 1. The molecule has 20 heavy (non-hydrogen) atoms. The molecule has 2 saturated carbocycles. The van der Waals surface area contributed by atoms with E-state index in [1.165, 1.54) is 0 Å². The number of nitrogens with one attached hydrogen (secondary N) is 1. The van der Waals surface area contributed by atoms with Crippen molar-refractivity contribution < 1.29 is 18.0 Å².